The van der Waals surface area contributed by atoms with E-state index in [1.165, 1.54) is 27.8 Å². The first-order valence-corrected chi connectivity index (χ1v) is 6.46. The van der Waals surface area contributed by atoms with Gasteiger partial charge in [0.15, 0.2) is 0 Å². The van der Waals surface area contributed by atoms with E-state index in [0.717, 1.165) is 0 Å². The van der Waals surface area contributed by atoms with Gasteiger partial charge in [0.25, 0.3) is 0 Å². The molecule has 0 spiro atoms. The average Bonchev–Trinajstić information content (AvgIpc) is 2.37. The van der Waals surface area contributed by atoms with Crippen molar-refractivity contribution in [3.63, 3.8) is 0 Å². The topological polar surface area (TPSA) is 12.0 Å². The van der Waals surface area contributed by atoms with E-state index < -0.39 is 0 Å². The molecule has 2 rings (SSSR count). The van der Waals surface area contributed by atoms with Crippen LogP contribution in [0, 0.1) is 13.8 Å². The molecule has 0 saturated carbocycles. The molecule has 0 bridgehead atoms. The average molecular weight is 239 g/mol. The third-order valence-electron chi connectivity index (χ3n) is 3.37. The van der Waals surface area contributed by atoms with Gasteiger partial charge in [-0.2, -0.15) is 0 Å². The van der Waals surface area contributed by atoms with E-state index in [2.05, 4.69) is 68.6 Å². The zero-order chi connectivity index (χ0) is 13.1. The van der Waals surface area contributed by atoms with Crippen LogP contribution in [0.3, 0.4) is 0 Å². The van der Waals surface area contributed by atoms with Crippen LogP contribution in [-0.2, 0) is 0 Å². The third-order valence-corrected chi connectivity index (χ3v) is 3.37. The second kappa shape index (κ2) is 5.36. The van der Waals surface area contributed by atoms with E-state index in [-0.39, 0.29) is 0 Å². The molecule has 0 amide bonds. The zero-order valence-electron chi connectivity index (χ0n) is 11.6. The van der Waals surface area contributed by atoms with Crippen LogP contribution in [0.2, 0.25) is 0 Å². The highest BCUT2D eigenvalue weighted by molar-refractivity contribution is 5.66. The maximum atomic E-state index is 3.28. The number of nitrogens with one attached hydrogen (secondary N) is 1. The van der Waals surface area contributed by atoms with Gasteiger partial charge in [-0.25, -0.2) is 0 Å². The lowest BCUT2D eigenvalue weighted by Crippen LogP contribution is -2.12. The number of aryl methyl sites for hydroxylation is 2. The fourth-order valence-electron chi connectivity index (χ4n) is 2.30. The molecule has 0 heterocycles. The fourth-order valence-corrected chi connectivity index (χ4v) is 2.30. The van der Waals surface area contributed by atoms with Gasteiger partial charge in [0.05, 0.1) is 0 Å². The number of hydrogen-bond acceptors (Lipinski definition) is 1. The van der Waals surface area contributed by atoms with Crippen molar-refractivity contribution in [3.8, 4) is 11.1 Å². The van der Waals surface area contributed by atoms with E-state index in [1.807, 2.05) is 7.05 Å². The smallest absolute Gasteiger partial charge is 0.0289 e. The van der Waals surface area contributed by atoms with Gasteiger partial charge >= 0.3 is 0 Å². The maximum absolute atomic E-state index is 3.28. The summed E-state index contributed by atoms with van der Waals surface area (Å²) in [5.41, 5.74) is 6.56. The first-order valence-electron chi connectivity index (χ1n) is 6.46. The van der Waals surface area contributed by atoms with E-state index in [4.69, 9.17) is 0 Å². The van der Waals surface area contributed by atoms with E-state index in [0.29, 0.717) is 6.04 Å². The van der Waals surface area contributed by atoms with Crippen LogP contribution >= 0.6 is 0 Å². The Balaban J connectivity index is 2.44. The minimum atomic E-state index is 0.385. The van der Waals surface area contributed by atoms with Gasteiger partial charge in [-0.1, -0.05) is 47.5 Å². The van der Waals surface area contributed by atoms with Gasteiger partial charge < -0.3 is 5.32 Å². The molecule has 1 N–H and O–H groups in total. The Morgan fingerprint density at radius 1 is 0.889 bits per heavy atom. The lowest BCUT2D eigenvalue weighted by atomic mass is 9.97. The van der Waals surface area contributed by atoms with Gasteiger partial charge in [-0.05, 0) is 50.6 Å². The minimum Gasteiger partial charge on any atom is -0.313 e. The molecule has 1 nitrogen and oxygen atoms in total. The lowest BCUT2D eigenvalue weighted by molar-refractivity contribution is 0.652. The summed E-state index contributed by atoms with van der Waals surface area (Å²) in [7, 11) is 1.99. The maximum Gasteiger partial charge on any atom is 0.0289 e. The molecule has 0 aliphatic rings. The summed E-state index contributed by atoms with van der Waals surface area (Å²) < 4.78 is 0. The van der Waals surface area contributed by atoms with Crippen LogP contribution in [0.4, 0.5) is 0 Å². The predicted octanol–water partition coefficient (Wildman–Crippen LogP) is 4.25. The highest BCUT2D eigenvalue weighted by Crippen LogP contribution is 2.25. The van der Waals surface area contributed by atoms with Gasteiger partial charge in [0, 0.05) is 6.04 Å². The Hall–Kier alpha value is -1.60. The predicted molar refractivity (Wildman–Crippen MR) is 78.8 cm³/mol. The monoisotopic (exact) mass is 239 g/mol. The Labute approximate surface area is 110 Å². The highest BCUT2D eigenvalue weighted by Gasteiger charge is 2.05. The minimum absolute atomic E-state index is 0.385. The number of hydrogen-bond donors (Lipinski definition) is 1. The Kier molecular flexibility index (Phi) is 3.83. The molecule has 94 valence electrons. The summed E-state index contributed by atoms with van der Waals surface area (Å²) in [5, 5.41) is 3.28. The quantitative estimate of drug-likeness (QED) is 0.844. The normalized spacial score (nSPS) is 12.4. The summed E-state index contributed by atoms with van der Waals surface area (Å²) in [6.45, 7) is 6.48. The highest BCUT2D eigenvalue weighted by atomic mass is 14.8. The Morgan fingerprint density at radius 2 is 1.56 bits per heavy atom. The van der Waals surface area contributed by atoms with Crippen LogP contribution in [0.5, 0.6) is 0 Å². The molecule has 1 atom stereocenters. The van der Waals surface area contributed by atoms with Crippen molar-refractivity contribution in [2.75, 3.05) is 7.05 Å². The van der Waals surface area contributed by atoms with Gasteiger partial charge in [-0.3, -0.25) is 0 Å². The van der Waals surface area contributed by atoms with Gasteiger partial charge in [0.2, 0.25) is 0 Å². The largest absolute Gasteiger partial charge is 0.313 e. The van der Waals surface area contributed by atoms with Crippen molar-refractivity contribution in [3.05, 3.63) is 59.2 Å². The number of rotatable bonds is 3. The number of benzene rings is 2. The molecular weight excluding hydrogens is 218 g/mol. The van der Waals surface area contributed by atoms with E-state index in [1.54, 1.807) is 0 Å². The van der Waals surface area contributed by atoms with Crippen LogP contribution < -0.4 is 5.32 Å². The van der Waals surface area contributed by atoms with E-state index >= 15 is 0 Å². The SMILES string of the molecule is CNC(C)c1cccc(-c2cc(C)cc(C)c2)c1. The molecule has 2 aromatic rings. The summed E-state index contributed by atoms with van der Waals surface area (Å²) in [4.78, 5) is 0. The third kappa shape index (κ3) is 2.80. The first-order chi connectivity index (χ1) is 8.60. The molecule has 0 aliphatic heterocycles. The molecule has 2 aromatic carbocycles. The fraction of sp³-hybridized carbons (Fsp3) is 0.294. The molecule has 0 saturated heterocycles. The second-order valence-corrected chi connectivity index (χ2v) is 5.01. The van der Waals surface area contributed by atoms with Crippen LogP contribution in [0.1, 0.15) is 29.7 Å². The molecule has 1 unspecified atom stereocenters. The molecule has 18 heavy (non-hydrogen) atoms. The zero-order valence-corrected chi connectivity index (χ0v) is 11.6. The summed E-state index contributed by atoms with van der Waals surface area (Å²) >= 11 is 0. The summed E-state index contributed by atoms with van der Waals surface area (Å²) in [5.74, 6) is 0. The Bertz CT molecular complexity index is 523. The second-order valence-electron chi connectivity index (χ2n) is 5.01. The first kappa shape index (κ1) is 12.8. The van der Waals surface area contributed by atoms with Crippen LogP contribution in [-0.4, -0.2) is 7.05 Å². The Morgan fingerprint density at radius 3 is 2.17 bits per heavy atom. The van der Waals surface area contributed by atoms with Crippen molar-refractivity contribution >= 4 is 0 Å². The van der Waals surface area contributed by atoms with Crippen molar-refractivity contribution < 1.29 is 0 Å². The van der Waals surface area contributed by atoms with Crippen LogP contribution in [0.15, 0.2) is 42.5 Å². The molecule has 1 heteroatoms. The lowest BCUT2D eigenvalue weighted by Gasteiger charge is -2.13. The molecular formula is C17H21N. The van der Waals surface area contributed by atoms with E-state index in [9.17, 15) is 0 Å². The van der Waals surface area contributed by atoms with Crippen LogP contribution in [0.25, 0.3) is 11.1 Å². The molecule has 0 fully saturated rings. The van der Waals surface area contributed by atoms with Crippen molar-refractivity contribution in [2.45, 2.75) is 26.8 Å². The van der Waals surface area contributed by atoms with Crippen molar-refractivity contribution in [2.24, 2.45) is 0 Å². The molecule has 0 radical (unpaired) electrons. The molecule has 0 aromatic heterocycles. The van der Waals surface area contributed by atoms with Crippen molar-refractivity contribution in [1.29, 1.82) is 0 Å². The van der Waals surface area contributed by atoms with Gasteiger partial charge in [-0.15, -0.1) is 0 Å². The molecule has 0 aliphatic carbocycles. The standard InChI is InChI=1S/C17H21N/c1-12-8-13(2)10-17(9-12)16-7-5-6-15(11-16)14(3)18-4/h5-11,14,18H,1-4H3. The summed E-state index contributed by atoms with van der Waals surface area (Å²) in [6.07, 6.45) is 0. The van der Waals surface area contributed by atoms with Crippen molar-refractivity contribution in [1.82, 2.24) is 5.32 Å². The van der Waals surface area contributed by atoms with Gasteiger partial charge in [0.1, 0.15) is 0 Å². The summed E-state index contributed by atoms with van der Waals surface area (Å²) in [6, 6.07) is 15.9.